The topological polar surface area (TPSA) is 52.6 Å². The minimum atomic E-state index is -0.145. The van der Waals surface area contributed by atoms with Crippen molar-refractivity contribution in [1.82, 2.24) is 10.2 Å². The molecule has 23 heavy (non-hydrogen) atoms. The third kappa shape index (κ3) is 5.46. The van der Waals surface area contributed by atoms with Crippen LogP contribution in [0.4, 0.5) is 0 Å². The number of carbonyl (C=O) groups is 1. The van der Waals surface area contributed by atoms with E-state index in [2.05, 4.69) is 24.1 Å². The molecule has 1 saturated heterocycles. The number of rotatable bonds is 7. The van der Waals surface area contributed by atoms with Crippen LogP contribution in [-0.4, -0.2) is 47.2 Å². The lowest BCUT2D eigenvalue weighted by molar-refractivity contribution is -0.126. The quantitative estimate of drug-likeness (QED) is 0.756. The number of nitrogens with one attached hydrogen (secondary N) is 1. The molecule has 0 aromatic carbocycles. The van der Waals surface area contributed by atoms with E-state index in [1.807, 2.05) is 0 Å². The molecule has 0 bridgehead atoms. The number of hydrogen-bond acceptors (Lipinski definition) is 3. The summed E-state index contributed by atoms with van der Waals surface area (Å²) in [5.74, 6) is 0.466. The monoisotopic (exact) mass is 324 g/mol. The molecule has 2 fully saturated rings. The lowest BCUT2D eigenvalue weighted by atomic mass is 9.89. The molecule has 1 aliphatic carbocycles. The van der Waals surface area contributed by atoms with Crippen molar-refractivity contribution < 1.29 is 9.90 Å². The van der Waals surface area contributed by atoms with E-state index in [1.54, 1.807) is 0 Å². The van der Waals surface area contributed by atoms with Crippen LogP contribution in [0, 0.1) is 5.92 Å². The van der Waals surface area contributed by atoms with E-state index in [0.29, 0.717) is 12.1 Å². The molecular weight excluding hydrogens is 288 g/mol. The van der Waals surface area contributed by atoms with Crippen molar-refractivity contribution in [3.8, 4) is 0 Å². The Morgan fingerprint density at radius 1 is 1.09 bits per heavy atom. The molecular formula is C19H36N2O2. The molecule has 2 N–H and O–H groups in total. The van der Waals surface area contributed by atoms with Gasteiger partial charge in [0.2, 0.25) is 5.91 Å². The molecule has 134 valence electrons. The van der Waals surface area contributed by atoms with Crippen molar-refractivity contribution in [2.24, 2.45) is 5.92 Å². The standard InChI is InChI=1S/C19H36N2O2/c1-3-7-15(8-4-2)19(23)20-16-11-13-21(14-12-16)17-9-5-6-10-18(17)22/h15-18,22H,3-14H2,1-2H3,(H,20,23). The normalized spacial score (nSPS) is 27.3. The van der Waals surface area contributed by atoms with Gasteiger partial charge in [0, 0.05) is 31.1 Å². The fourth-order valence-electron chi connectivity index (χ4n) is 4.32. The predicted molar refractivity (Wildman–Crippen MR) is 94.3 cm³/mol. The molecule has 1 aliphatic heterocycles. The Balaban J connectivity index is 1.76. The maximum Gasteiger partial charge on any atom is 0.223 e. The zero-order valence-corrected chi connectivity index (χ0v) is 15.1. The second-order valence-electron chi connectivity index (χ2n) is 7.51. The van der Waals surface area contributed by atoms with Gasteiger partial charge in [0.1, 0.15) is 0 Å². The van der Waals surface area contributed by atoms with E-state index < -0.39 is 0 Å². The molecule has 2 aliphatic rings. The summed E-state index contributed by atoms with van der Waals surface area (Å²) in [6.07, 6.45) is 10.6. The smallest absolute Gasteiger partial charge is 0.223 e. The van der Waals surface area contributed by atoms with Gasteiger partial charge in [0.05, 0.1) is 6.10 Å². The average Bonchev–Trinajstić information content (AvgIpc) is 2.56. The molecule has 4 heteroatoms. The molecule has 1 heterocycles. The number of aliphatic hydroxyl groups is 1. The SMILES string of the molecule is CCCC(CCC)C(=O)NC1CCN(C2CCCCC2O)CC1. The van der Waals surface area contributed by atoms with Gasteiger partial charge in [-0.2, -0.15) is 0 Å². The fraction of sp³-hybridized carbons (Fsp3) is 0.947. The van der Waals surface area contributed by atoms with Crippen molar-refractivity contribution in [2.75, 3.05) is 13.1 Å². The van der Waals surface area contributed by atoms with Crippen LogP contribution in [0.25, 0.3) is 0 Å². The highest BCUT2D eigenvalue weighted by atomic mass is 16.3. The first kappa shape index (κ1) is 18.7. The molecule has 0 spiro atoms. The van der Waals surface area contributed by atoms with Gasteiger partial charge in [-0.05, 0) is 38.5 Å². The second kappa shape index (κ2) is 9.63. The van der Waals surface area contributed by atoms with E-state index in [1.165, 1.54) is 12.8 Å². The number of likely N-dealkylation sites (tertiary alicyclic amines) is 1. The lowest BCUT2D eigenvalue weighted by Crippen LogP contribution is -2.52. The number of carbonyl (C=O) groups excluding carboxylic acids is 1. The molecule has 2 rings (SSSR count). The summed E-state index contributed by atoms with van der Waals surface area (Å²) in [7, 11) is 0. The Bertz CT molecular complexity index is 347. The summed E-state index contributed by atoms with van der Waals surface area (Å²) in [4.78, 5) is 14.9. The first-order chi connectivity index (χ1) is 11.2. The molecule has 0 radical (unpaired) electrons. The third-order valence-corrected chi connectivity index (χ3v) is 5.68. The third-order valence-electron chi connectivity index (χ3n) is 5.68. The van der Waals surface area contributed by atoms with Crippen molar-refractivity contribution in [3.63, 3.8) is 0 Å². The Hall–Kier alpha value is -0.610. The minimum absolute atomic E-state index is 0.145. The van der Waals surface area contributed by atoms with Crippen LogP contribution in [0.2, 0.25) is 0 Å². The van der Waals surface area contributed by atoms with Crippen LogP contribution in [0.1, 0.15) is 78.1 Å². The van der Waals surface area contributed by atoms with Crippen LogP contribution in [0.15, 0.2) is 0 Å². The zero-order chi connectivity index (χ0) is 16.7. The van der Waals surface area contributed by atoms with Crippen molar-refractivity contribution in [2.45, 2.75) is 96.2 Å². The highest BCUT2D eigenvalue weighted by Gasteiger charge is 2.32. The van der Waals surface area contributed by atoms with Crippen LogP contribution >= 0.6 is 0 Å². The number of piperidine rings is 1. The van der Waals surface area contributed by atoms with Crippen molar-refractivity contribution in [1.29, 1.82) is 0 Å². The van der Waals surface area contributed by atoms with Crippen LogP contribution in [0.3, 0.4) is 0 Å². The molecule has 2 atom stereocenters. The second-order valence-corrected chi connectivity index (χ2v) is 7.51. The van der Waals surface area contributed by atoms with Crippen molar-refractivity contribution in [3.05, 3.63) is 0 Å². The van der Waals surface area contributed by atoms with E-state index in [9.17, 15) is 9.90 Å². The number of amides is 1. The molecule has 0 aromatic rings. The minimum Gasteiger partial charge on any atom is -0.391 e. The summed E-state index contributed by atoms with van der Waals surface area (Å²) in [5.41, 5.74) is 0. The van der Waals surface area contributed by atoms with Gasteiger partial charge in [-0.3, -0.25) is 9.69 Å². The van der Waals surface area contributed by atoms with Gasteiger partial charge in [-0.25, -0.2) is 0 Å². The summed E-state index contributed by atoms with van der Waals surface area (Å²) in [6.45, 7) is 6.34. The fourth-order valence-corrected chi connectivity index (χ4v) is 4.32. The predicted octanol–water partition coefficient (Wildman–Crippen LogP) is 3.09. The Morgan fingerprint density at radius 3 is 2.26 bits per heavy atom. The first-order valence-corrected chi connectivity index (χ1v) is 9.88. The van der Waals surface area contributed by atoms with Gasteiger partial charge < -0.3 is 10.4 Å². The maximum atomic E-state index is 12.5. The lowest BCUT2D eigenvalue weighted by Gasteiger charge is -2.41. The number of nitrogens with zero attached hydrogens (tertiary/aromatic N) is 1. The van der Waals surface area contributed by atoms with Gasteiger partial charge >= 0.3 is 0 Å². The molecule has 2 unspecified atom stereocenters. The zero-order valence-electron chi connectivity index (χ0n) is 15.1. The van der Waals surface area contributed by atoms with E-state index in [4.69, 9.17) is 0 Å². The molecule has 0 aromatic heterocycles. The summed E-state index contributed by atoms with van der Waals surface area (Å²) < 4.78 is 0. The molecule has 1 amide bonds. The Labute approximate surface area is 142 Å². The highest BCUT2D eigenvalue weighted by Crippen LogP contribution is 2.26. The Kier molecular flexibility index (Phi) is 7.84. The molecule has 4 nitrogen and oxygen atoms in total. The number of hydrogen-bond donors (Lipinski definition) is 2. The average molecular weight is 325 g/mol. The first-order valence-electron chi connectivity index (χ1n) is 9.88. The van der Waals surface area contributed by atoms with Gasteiger partial charge in [0.15, 0.2) is 0 Å². The number of aliphatic hydroxyl groups excluding tert-OH is 1. The van der Waals surface area contributed by atoms with Crippen LogP contribution in [-0.2, 0) is 4.79 Å². The Morgan fingerprint density at radius 2 is 1.70 bits per heavy atom. The van der Waals surface area contributed by atoms with Crippen molar-refractivity contribution >= 4 is 5.91 Å². The summed E-state index contributed by atoms with van der Waals surface area (Å²) >= 11 is 0. The van der Waals surface area contributed by atoms with Gasteiger partial charge in [-0.1, -0.05) is 39.5 Å². The summed E-state index contributed by atoms with van der Waals surface area (Å²) in [6, 6.07) is 0.684. The largest absolute Gasteiger partial charge is 0.391 e. The van der Waals surface area contributed by atoms with E-state index >= 15 is 0 Å². The maximum absolute atomic E-state index is 12.5. The van der Waals surface area contributed by atoms with Crippen LogP contribution < -0.4 is 5.32 Å². The van der Waals surface area contributed by atoms with E-state index in [-0.39, 0.29) is 17.9 Å². The molecule has 1 saturated carbocycles. The van der Waals surface area contributed by atoms with Gasteiger partial charge in [-0.15, -0.1) is 0 Å². The summed E-state index contributed by atoms with van der Waals surface area (Å²) in [5, 5.41) is 13.5. The van der Waals surface area contributed by atoms with Crippen LogP contribution in [0.5, 0.6) is 0 Å². The highest BCUT2D eigenvalue weighted by molar-refractivity contribution is 5.78. The van der Waals surface area contributed by atoms with Gasteiger partial charge in [0.25, 0.3) is 0 Å². The van der Waals surface area contributed by atoms with E-state index in [0.717, 1.165) is 64.5 Å².